The Kier molecular flexibility index (Phi) is 7.29. The van der Waals surface area contributed by atoms with Crippen molar-refractivity contribution in [2.45, 2.75) is 40.7 Å². The highest BCUT2D eigenvalue weighted by Crippen LogP contribution is 2.22. The third kappa shape index (κ3) is 5.99. The minimum atomic E-state index is -0.526. The van der Waals surface area contributed by atoms with Crippen LogP contribution in [0.4, 0.5) is 11.4 Å². The van der Waals surface area contributed by atoms with E-state index in [9.17, 15) is 14.4 Å². The van der Waals surface area contributed by atoms with E-state index < -0.39 is 6.04 Å². The Morgan fingerprint density at radius 2 is 1.62 bits per heavy atom. The molecule has 0 aliphatic rings. The summed E-state index contributed by atoms with van der Waals surface area (Å²) in [5.41, 5.74) is 5.07. The molecule has 6 heteroatoms. The van der Waals surface area contributed by atoms with E-state index in [4.69, 9.17) is 0 Å². The first kappa shape index (κ1) is 22.3. The quantitative estimate of drug-likeness (QED) is 0.701. The fraction of sp³-hybridized carbons (Fsp3) is 0.348. The molecule has 0 aromatic heterocycles. The van der Waals surface area contributed by atoms with E-state index in [1.54, 1.807) is 43.1 Å². The van der Waals surface area contributed by atoms with E-state index >= 15 is 0 Å². The first-order valence-electron chi connectivity index (χ1n) is 9.58. The van der Waals surface area contributed by atoms with Gasteiger partial charge >= 0.3 is 0 Å². The van der Waals surface area contributed by atoms with Gasteiger partial charge in [-0.25, -0.2) is 0 Å². The van der Waals surface area contributed by atoms with Gasteiger partial charge in [-0.05, 0) is 64.9 Å². The molecule has 1 atom stereocenters. The van der Waals surface area contributed by atoms with Gasteiger partial charge in [0.15, 0.2) is 5.78 Å². The summed E-state index contributed by atoms with van der Waals surface area (Å²) in [6, 6.07) is 10.3. The van der Waals surface area contributed by atoms with Crippen LogP contribution in [0.5, 0.6) is 0 Å². The van der Waals surface area contributed by atoms with Crippen LogP contribution in [0.25, 0.3) is 0 Å². The van der Waals surface area contributed by atoms with E-state index in [-0.39, 0.29) is 24.1 Å². The fourth-order valence-corrected chi connectivity index (χ4v) is 3.18. The Balaban J connectivity index is 1.98. The van der Waals surface area contributed by atoms with Crippen LogP contribution < -0.4 is 10.6 Å². The summed E-state index contributed by atoms with van der Waals surface area (Å²) in [5.74, 6) is -0.492. The van der Waals surface area contributed by atoms with Gasteiger partial charge in [0.2, 0.25) is 11.8 Å². The fourth-order valence-electron chi connectivity index (χ4n) is 3.18. The number of amides is 2. The lowest BCUT2D eigenvalue weighted by Crippen LogP contribution is -2.43. The van der Waals surface area contributed by atoms with Crippen molar-refractivity contribution in [3.63, 3.8) is 0 Å². The lowest BCUT2D eigenvalue weighted by atomic mass is 10.1. The van der Waals surface area contributed by atoms with E-state index in [1.807, 2.05) is 32.9 Å². The number of aryl methyl sites for hydroxylation is 3. The molecule has 0 spiro atoms. The number of carbonyl (C=O) groups is 3. The highest BCUT2D eigenvalue weighted by molar-refractivity contribution is 5.99. The van der Waals surface area contributed by atoms with Crippen molar-refractivity contribution in [3.8, 4) is 0 Å². The van der Waals surface area contributed by atoms with Crippen molar-refractivity contribution in [3.05, 3.63) is 58.7 Å². The molecule has 0 radical (unpaired) electrons. The van der Waals surface area contributed by atoms with Crippen LogP contribution in [-0.2, 0) is 9.59 Å². The Labute approximate surface area is 172 Å². The molecular weight excluding hydrogens is 366 g/mol. The smallest absolute Gasteiger partial charge is 0.241 e. The van der Waals surface area contributed by atoms with Crippen LogP contribution in [0.2, 0.25) is 0 Å². The minimum absolute atomic E-state index is 0.0652. The van der Waals surface area contributed by atoms with Gasteiger partial charge in [0.25, 0.3) is 0 Å². The van der Waals surface area contributed by atoms with Gasteiger partial charge in [0.05, 0.1) is 12.6 Å². The number of ketones is 1. The van der Waals surface area contributed by atoms with Gasteiger partial charge in [0.1, 0.15) is 0 Å². The lowest BCUT2D eigenvalue weighted by Gasteiger charge is -2.24. The SMILES string of the molecule is CC(=O)c1cccc(NC(=O)[C@@H](C)N(C)CC(=O)Nc2c(C)cc(C)cc2C)c1. The summed E-state index contributed by atoms with van der Waals surface area (Å²) in [5, 5.41) is 5.75. The van der Waals surface area contributed by atoms with Gasteiger partial charge in [-0.15, -0.1) is 0 Å². The van der Waals surface area contributed by atoms with Gasteiger partial charge in [0, 0.05) is 16.9 Å². The van der Waals surface area contributed by atoms with Crippen LogP contribution in [-0.4, -0.2) is 42.1 Å². The molecule has 29 heavy (non-hydrogen) atoms. The maximum atomic E-state index is 12.6. The summed E-state index contributed by atoms with van der Waals surface area (Å²) in [6.07, 6.45) is 0. The molecule has 0 saturated carbocycles. The summed E-state index contributed by atoms with van der Waals surface area (Å²) in [7, 11) is 1.73. The number of anilines is 2. The molecule has 0 heterocycles. The molecule has 0 unspecified atom stereocenters. The third-order valence-corrected chi connectivity index (χ3v) is 4.91. The van der Waals surface area contributed by atoms with Crippen molar-refractivity contribution >= 4 is 29.0 Å². The number of Topliss-reactive ketones (excluding diaryl/α,β-unsaturated/α-hetero) is 1. The molecule has 154 valence electrons. The highest BCUT2D eigenvalue weighted by Gasteiger charge is 2.21. The van der Waals surface area contributed by atoms with Crippen LogP contribution in [0, 0.1) is 20.8 Å². The number of benzene rings is 2. The number of hydrogen-bond acceptors (Lipinski definition) is 4. The van der Waals surface area contributed by atoms with E-state index in [0.29, 0.717) is 11.3 Å². The number of nitrogens with zero attached hydrogens (tertiary/aromatic N) is 1. The van der Waals surface area contributed by atoms with Crippen molar-refractivity contribution < 1.29 is 14.4 Å². The summed E-state index contributed by atoms with van der Waals surface area (Å²) in [6.45, 7) is 9.24. The zero-order valence-electron chi connectivity index (χ0n) is 17.9. The van der Waals surface area contributed by atoms with Crippen molar-refractivity contribution in [2.24, 2.45) is 0 Å². The molecule has 0 saturated heterocycles. The maximum Gasteiger partial charge on any atom is 0.241 e. The topological polar surface area (TPSA) is 78.5 Å². The van der Waals surface area contributed by atoms with Crippen molar-refractivity contribution in [1.82, 2.24) is 4.90 Å². The third-order valence-electron chi connectivity index (χ3n) is 4.91. The van der Waals surface area contributed by atoms with Gasteiger partial charge < -0.3 is 10.6 Å². The molecule has 0 aliphatic heterocycles. The molecular formula is C23H29N3O3. The van der Waals surface area contributed by atoms with E-state index in [1.165, 1.54) is 6.92 Å². The zero-order chi connectivity index (χ0) is 21.7. The lowest BCUT2D eigenvalue weighted by molar-refractivity contribution is -0.122. The Hall–Kier alpha value is -2.99. The summed E-state index contributed by atoms with van der Waals surface area (Å²) in [4.78, 5) is 38.2. The standard InChI is InChI=1S/C23H29N3O3/c1-14-10-15(2)22(16(3)11-14)25-21(28)13-26(6)17(4)23(29)24-20-9-7-8-19(12-20)18(5)27/h7-12,17H,13H2,1-6H3,(H,24,29)(H,25,28)/t17-/m1/s1. The molecule has 2 aromatic carbocycles. The first-order valence-corrected chi connectivity index (χ1v) is 9.58. The monoisotopic (exact) mass is 395 g/mol. The van der Waals surface area contributed by atoms with Gasteiger partial charge in [-0.1, -0.05) is 29.8 Å². The predicted octanol–water partition coefficient (Wildman–Crippen LogP) is 3.71. The Morgan fingerprint density at radius 3 is 2.21 bits per heavy atom. The minimum Gasteiger partial charge on any atom is -0.325 e. The Morgan fingerprint density at radius 1 is 1.00 bits per heavy atom. The number of nitrogens with one attached hydrogen (secondary N) is 2. The molecule has 6 nitrogen and oxygen atoms in total. The van der Waals surface area contributed by atoms with Crippen LogP contribution in [0.1, 0.15) is 40.9 Å². The largest absolute Gasteiger partial charge is 0.325 e. The zero-order valence-corrected chi connectivity index (χ0v) is 17.9. The second-order valence-corrected chi connectivity index (χ2v) is 7.54. The van der Waals surface area contributed by atoms with E-state index in [0.717, 1.165) is 22.4 Å². The number of carbonyl (C=O) groups excluding carboxylic acids is 3. The van der Waals surface area contributed by atoms with Gasteiger partial charge in [-0.2, -0.15) is 0 Å². The molecule has 2 amide bonds. The molecule has 2 aromatic rings. The second kappa shape index (κ2) is 9.47. The maximum absolute atomic E-state index is 12.6. The summed E-state index contributed by atoms with van der Waals surface area (Å²) >= 11 is 0. The Bertz CT molecular complexity index is 914. The van der Waals surface area contributed by atoms with Crippen LogP contribution in [0.3, 0.4) is 0 Å². The molecule has 0 fully saturated rings. The normalized spacial score (nSPS) is 11.8. The average Bonchev–Trinajstić information content (AvgIpc) is 2.64. The van der Waals surface area contributed by atoms with Gasteiger partial charge in [-0.3, -0.25) is 19.3 Å². The first-order chi connectivity index (χ1) is 13.6. The van der Waals surface area contributed by atoms with E-state index in [2.05, 4.69) is 10.6 Å². The van der Waals surface area contributed by atoms with Crippen molar-refractivity contribution in [1.29, 1.82) is 0 Å². The number of likely N-dealkylation sites (N-methyl/N-ethyl adjacent to an activating group) is 1. The second-order valence-electron chi connectivity index (χ2n) is 7.54. The number of rotatable bonds is 7. The van der Waals surface area contributed by atoms with Crippen molar-refractivity contribution in [2.75, 3.05) is 24.2 Å². The molecule has 2 N–H and O–H groups in total. The predicted molar refractivity (Wildman–Crippen MR) is 116 cm³/mol. The molecule has 2 rings (SSSR count). The van der Waals surface area contributed by atoms with Crippen LogP contribution >= 0.6 is 0 Å². The summed E-state index contributed by atoms with van der Waals surface area (Å²) < 4.78 is 0. The number of hydrogen-bond donors (Lipinski definition) is 2. The van der Waals surface area contributed by atoms with Crippen LogP contribution in [0.15, 0.2) is 36.4 Å². The highest BCUT2D eigenvalue weighted by atomic mass is 16.2. The average molecular weight is 396 g/mol. The molecule has 0 bridgehead atoms. The molecule has 0 aliphatic carbocycles.